The van der Waals surface area contributed by atoms with Gasteiger partial charge in [-0.25, -0.2) is 0 Å². The quantitative estimate of drug-likeness (QED) is 0.714. The fourth-order valence-corrected chi connectivity index (χ4v) is 2.55. The zero-order valence-corrected chi connectivity index (χ0v) is 13.4. The maximum Gasteiger partial charge on any atom is 0.254 e. The van der Waals surface area contributed by atoms with Gasteiger partial charge in [0.05, 0.1) is 7.11 Å². The number of hydrogen-bond acceptors (Lipinski definition) is 2. The van der Waals surface area contributed by atoms with Crippen LogP contribution in [-0.2, 0) is 0 Å². The number of halogens is 1. The van der Waals surface area contributed by atoms with Gasteiger partial charge in [0.2, 0.25) is 0 Å². The zero-order chi connectivity index (χ0) is 14.3. The molecule has 0 aliphatic heterocycles. The van der Waals surface area contributed by atoms with Gasteiger partial charge >= 0.3 is 0 Å². The molecule has 1 aromatic rings. The number of nitrogens with zero attached hydrogens (tertiary/aromatic N) is 1. The van der Waals surface area contributed by atoms with Gasteiger partial charge in [-0.2, -0.15) is 0 Å². The Hall–Kier alpha value is -1.03. The van der Waals surface area contributed by atoms with Crippen LogP contribution >= 0.6 is 15.9 Å². The van der Waals surface area contributed by atoms with Crippen LogP contribution < -0.4 is 4.74 Å². The van der Waals surface area contributed by atoms with E-state index in [4.69, 9.17) is 4.74 Å². The highest BCUT2D eigenvalue weighted by atomic mass is 79.9. The Bertz CT molecular complexity index is 388. The molecule has 106 valence electrons. The van der Waals surface area contributed by atoms with Crippen molar-refractivity contribution in [2.45, 2.75) is 32.7 Å². The number of methoxy groups -OCH3 is 1. The highest BCUT2D eigenvalue weighted by molar-refractivity contribution is 9.09. The number of alkyl halides is 1. The molecule has 0 saturated heterocycles. The molecular formula is C15H22BrNO2. The second kappa shape index (κ2) is 8.20. The summed E-state index contributed by atoms with van der Waals surface area (Å²) in [5.41, 5.74) is 0.716. The Morgan fingerprint density at radius 1 is 1.26 bits per heavy atom. The number of carbonyl (C=O) groups is 1. The van der Waals surface area contributed by atoms with E-state index in [1.54, 1.807) is 7.11 Å². The Morgan fingerprint density at radius 3 is 2.26 bits per heavy atom. The lowest BCUT2D eigenvalue weighted by atomic mass is 10.1. The molecule has 0 unspecified atom stereocenters. The summed E-state index contributed by atoms with van der Waals surface area (Å²) in [7, 11) is 1.62. The van der Waals surface area contributed by atoms with Crippen molar-refractivity contribution in [1.82, 2.24) is 4.90 Å². The molecule has 0 saturated carbocycles. The molecule has 19 heavy (non-hydrogen) atoms. The third kappa shape index (κ3) is 4.23. The number of carbonyl (C=O) groups excluding carboxylic acids is 1. The lowest BCUT2D eigenvalue weighted by Crippen LogP contribution is -2.41. The summed E-state index contributed by atoms with van der Waals surface area (Å²) in [4.78, 5) is 14.5. The van der Waals surface area contributed by atoms with Crippen LogP contribution in [0.2, 0.25) is 0 Å². The fraction of sp³-hybridized carbons (Fsp3) is 0.533. The van der Waals surface area contributed by atoms with Gasteiger partial charge in [-0.15, -0.1) is 0 Å². The molecule has 1 rings (SSSR count). The third-order valence-electron chi connectivity index (χ3n) is 3.31. The van der Waals surface area contributed by atoms with Crippen LogP contribution in [0, 0.1) is 0 Å². The molecule has 1 amide bonds. The summed E-state index contributed by atoms with van der Waals surface area (Å²) in [6.45, 7) is 4.98. The van der Waals surface area contributed by atoms with Crippen LogP contribution in [0.3, 0.4) is 0 Å². The molecule has 0 aromatic heterocycles. The summed E-state index contributed by atoms with van der Waals surface area (Å²) >= 11 is 3.43. The minimum Gasteiger partial charge on any atom is -0.497 e. The Balaban J connectivity index is 2.91. The van der Waals surface area contributed by atoms with Crippen molar-refractivity contribution in [2.75, 3.05) is 19.0 Å². The van der Waals surface area contributed by atoms with E-state index >= 15 is 0 Å². The van der Waals surface area contributed by atoms with Crippen LogP contribution in [0.25, 0.3) is 0 Å². The fourth-order valence-electron chi connectivity index (χ4n) is 2.17. The van der Waals surface area contributed by atoms with Crippen LogP contribution in [0.4, 0.5) is 0 Å². The van der Waals surface area contributed by atoms with Crippen molar-refractivity contribution < 1.29 is 9.53 Å². The number of amides is 1. The molecule has 0 spiro atoms. The second-order valence-electron chi connectivity index (χ2n) is 4.39. The molecule has 0 heterocycles. The van der Waals surface area contributed by atoms with E-state index in [-0.39, 0.29) is 5.91 Å². The van der Waals surface area contributed by atoms with Crippen molar-refractivity contribution in [3.05, 3.63) is 29.8 Å². The molecule has 0 aliphatic carbocycles. The monoisotopic (exact) mass is 327 g/mol. The van der Waals surface area contributed by atoms with E-state index in [1.165, 1.54) is 0 Å². The lowest BCUT2D eigenvalue weighted by molar-refractivity contribution is 0.0683. The first kappa shape index (κ1) is 16.0. The first-order valence-corrected chi connectivity index (χ1v) is 7.81. The van der Waals surface area contributed by atoms with Gasteiger partial charge in [0.1, 0.15) is 5.75 Å². The van der Waals surface area contributed by atoms with Gasteiger partial charge in [-0.1, -0.05) is 29.8 Å². The van der Waals surface area contributed by atoms with Gasteiger partial charge in [0, 0.05) is 23.5 Å². The summed E-state index contributed by atoms with van der Waals surface area (Å²) in [6, 6.07) is 7.60. The minimum atomic E-state index is 0.0933. The van der Waals surface area contributed by atoms with E-state index in [0.29, 0.717) is 11.6 Å². The highest BCUT2D eigenvalue weighted by Crippen LogP contribution is 2.17. The molecule has 0 bridgehead atoms. The summed E-state index contributed by atoms with van der Waals surface area (Å²) in [5.74, 6) is 0.863. The van der Waals surface area contributed by atoms with E-state index < -0.39 is 0 Å². The zero-order valence-electron chi connectivity index (χ0n) is 11.9. The SMILES string of the molecule is CCC(CC)N(CCBr)C(=O)c1ccc(OC)cc1. The van der Waals surface area contributed by atoms with Gasteiger partial charge in [0.15, 0.2) is 0 Å². The first-order chi connectivity index (χ1) is 9.17. The van der Waals surface area contributed by atoms with E-state index in [2.05, 4.69) is 29.8 Å². The lowest BCUT2D eigenvalue weighted by Gasteiger charge is -2.30. The van der Waals surface area contributed by atoms with Crippen LogP contribution in [0.15, 0.2) is 24.3 Å². The largest absolute Gasteiger partial charge is 0.497 e. The van der Waals surface area contributed by atoms with Crippen LogP contribution in [0.5, 0.6) is 5.75 Å². The van der Waals surface area contributed by atoms with Gasteiger partial charge in [-0.05, 0) is 37.1 Å². The standard InChI is InChI=1S/C15H22BrNO2/c1-4-13(5-2)17(11-10-16)15(18)12-6-8-14(19-3)9-7-12/h6-9,13H,4-5,10-11H2,1-3H3. The first-order valence-electron chi connectivity index (χ1n) is 6.68. The smallest absolute Gasteiger partial charge is 0.254 e. The molecular weight excluding hydrogens is 306 g/mol. The maximum absolute atomic E-state index is 12.6. The molecule has 1 aromatic carbocycles. The molecule has 0 N–H and O–H groups in total. The van der Waals surface area contributed by atoms with Crippen molar-refractivity contribution in [3.8, 4) is 5.75 Å². The summed E-state index contributed by atoms with van der Waals surface area (Å²) in [5, 5.41) is 0.797. The van der Waals surface area contributed by atoms with Crippen LogP contribution in [-0.4, -0.2) is 35.8 Å². The minimum absolute atomic E-state index is 0.0933. The average Bonchev–Trinajstić information content (AvgIpc) is 2.47. The van der Waals surface area contributed by atoms with Crippen molar-refractivity contribution in [2.24, 2.45) is 0 Å². The summed E-state index contributed by atoms with van der Waals surface area (Å²) < 4.78 is 5.11. The summed E-state index contributed by atoms with van der Waals surface area (Å²) in [6.07, 6.45) is 1.96. The molecule has 3 nitrogen and oxygen atoms in total. The highest BCUT2D eigenvalue weighted by Gasteiger charge is 2.21. The second-order valence-corrected chi connectivity index (χ2v) is 5.18. The number of benzene rings is 1. The molecule has 4 heteroatoms. The Labute approximate surface area is 124 Å². The predicted molar refractivity (Wildman–Crippen MR) is 82.2 cm³/mol. The third-order valence-corrected chi connectivity index (χ3v) is 3.66. The molecule has 0 radical (unpaired) electrons. The number of rotatable bonds is 7. The molecule has 0 aliphatic rings. The van der Waals surface area contributed by atoms with Gasteiger partial charge in [0.25, 0.3) is 5.91 Å². The van der Waals surface area contributed by atoms with E-state index in [0.717, 1.165) is 30.5 Å². The van der Waals surface area contributed by atoms with Crippen molar-refractivity contribution in [3.63, 3.8) is 0 Å². The maximum atomic E-state index is 12.6. The Kier molecular flexibility index (Phi) is 6.92. The van der Waals surface area contributed by atoms with E-state index in [9.17, 15) is 4.79 Å². The number of hydrogen-bond donors (Lipinski definition) is 0. The van der Waals surface area contributed by atoms with Gasteiger partial charge in [-0.3, -0.25) is 4.79 Å². The normalized spacial score (nSPS) is 10.6. The average molecular weight is 328 g/mol. The van der Waals surface area contributed by atoms with Crippen molar-refractivity contribution in [1.29, 1.82) is 0 Å². The Morgan fingerprint density at radius 2 is 1.84 bits per heavy atom. The molecule has 0 atom stereocenters. The van der Waals surface area contributed by atoms with Crippen molar-refractivity contribution >= 4 is 21.8 Å². The molecule has 0 fully saturated rings. The predicted octanol–water partition coefficient (Wildman–Crippen LogP) is 3.72. The van der Waals surface area contributed by atoms with Crippen LogP contribution in [0.1, 0.15) is 37.0 Å². The van der Waals surface area contributed by atoms with E-state index in [1.807, 2.05) is 29.2 Å². The van der Waals surface area contributed by atoms with Gasteiger partial charge < -0.3 is 9.64 Å². The topological polar surface area (TPSA) is 29.5 Å². The number of ether oxygens (including phenoxy) is 1.